The van der Waals surface area contributed by atoms with Crippen LogP contribution in [0.25, 0.3) is 10.2 Å². The molecule has 0 spiro atoms. The fraction of sp³-hybridized carbons (Fsp3) is 0.423. The van der Waals surface area contributed by atoms with Crippen LogP contribution in [-0.4, -0.2) is 42.0 Å². The summed E-state index contributed by atoms with van der Waals surface area (Å²) in [6.07, 6.45) is 2.87. The Hall–Kier alpha value is -3.13. The molecule has 3 aromatic rings. The van der Waals surface area contributed by atoms with E-state index in [1.807, 2.05) is 60.2 Å². The maximum atomic E-state index is 13.4. The number of aromatic nitrogens is 1. The first-order chi connectivity index (χ1) is 16.4. The summed E-state index contributed by atoms with van der Waals surface area (Å²) in [5.74, 6) is -0.511. The molecular formula is C26H31N3O4S. The zero-order valence-electron chi connectivity index (χ0n) is 19.9. The number of para-hydroxylation sites is 1. The molecule has 2 amide bonds. The predicted molar refractivity (Wildman–Crippen MR) is 134 cm³/mol. The van der Waals surface area contributed by atoms with E-state index in [1.54, 1.807) is 16.2 Å². The van der Waals surface area contributed by atoms with Crippen LogP contribution < -0.4 is 10.2 Å². The molecule has 34 heavy (non-hydrogen) atoms. The van der Waals surface area contributed by atoms with Gasteiger partial charge in [-0.2, -0.15) is 0 Å². The zero-order chi connectivity index (χ0) is 24.2. The third-order valence-electron chi connectivity index (χ3n) is 6.67. The fourth-order valence-corrected chi connectivity index (χ4v) is 5.63. The van der Waals surface area contributed by atoms with Gasteiger partial charge in [-0.3, -0.25) is 14.4 Å². The highest BCUT2D eigenvalue weighted by Gasteiger charge is 2.29. The Kier molecular flexibility index (Phi) is 7.36. The molecule has 0 atom stereocenters. The quantitative estimate of drug-likeness (QED) is 0.503. The van der Waals surface area contributed by atoms with Gasteiger partial charge in [0.25, 0.3) is 5.91 Å². The first-order valence-corrected chi connectivity index (χ1v) is 12.6. The number of hydrogen-bond donors (Lipinski definition) is 1. The summed E-state index contributed by atoms with van der Waals surface area (Å²) >= 11 is 1.55. The first kappa shape index (κ1) is 24.0. The third-order valence-corrected chi connectivity index (χ3v) is 7.52. The SMILES string of the molecule is CCN(C(=O)Cn1c(C(=O)N[C@H]2CC[C@H](C(=O)OC)CC2)cc2sccc21)c1ccccc1C. The normalized spacial score (nSPS) is 18.0. The van der Waals surface area contributed by atoms with Gasteiger partial charge in [0, 0.05) is 18.3 Å². The second kappa shape index (κ2) is 10.4. The molecule has 1 N–H and O–H groups in total. The summed E-state index contributed by atoms with van der Waals surface area (Å²) in [4.78, 5) is 40.2. The van der Waals surface area contributed by atoms with Crippen molar-refractivity contribution in [3.63, 3.8) is 0 Å². The largest absolute Gasteiger partial charge is 0.469 e. The summed E-state index contributed by atoms with van der Waals surface area (Å²) < 4.78 is 7.66. The van der Waals surface area contributed by atoms with Crippen molar-refractivity contribution in [3.8, 4) is 0 Å². The first-order valence-electron chi connectivity index (χ1n) is 11.7. The van der Waals surface area contributed by atoms with Crippen LogP contribution in [0.5, 0.6) is 0 Å². The van der Waals surface area contributed by atoms with Gasteiger partial charge in [-0.05, 0) is 68.7 Å². The fourth-order valence-electron chi connectivity index (χ4n) is 4.80. The smallest absolute Gasteiger partial charge is 0.308 e. The number of carbonyl (C=O) groups is 3. The van der Waals surface area contributed by atoms with E-state index in [1.165, 1.54) is 7.11 Å². The van der Waals surface area contributed by atoms with E-state index in [0.29, 0.717) is 25.1 Å². The highest BCUT2D eigenvalue weighted by atomic mass is 32.1. The molecule has 0 unspecified atom stereocenters. The van der Waals surface area contributed by atoms with Gasteiger partial charge in [-0.25, -0.2) is 0 Å². The van der Waals surface area contributed by atoms with Crippen LogP contribution in [0, 0.1) is 12.8 Å². The molecule has 0 aliphatic heterocycles. The van der Waals surface area contributed by atoms with Crippen molar-refractivity contribution in [1.82, 2.24) is 9.88 Å². The molecule has 180 valence electrons. The molecular weight excluding hydrogens is 450 g/mol. The number of rotatable bonds is 7. The van der Waals surface area contributed by atoms with Crippen molar-refractivity contribution >= 4 is 45.0 Å². The molecule has 8 heteroatoms. The number of benzene rings is 1. The van der Waals surface area contributed by atoms with E-state index < -0.39 is 0 Å². The number of methoxy groups -OCH3 is 1. The molecule has 2 heterocycles. The molecule has 4 rings (SSSR count). The van der Waals surface area contributed by atoms with Crippen molar-refractivity contribution < 1.29 is 19.1 Å². The number of thiophene rings is 1. The van der Waals surface area contributed by atoms with E-state index >= 15 is 0 Å². The van der Waals surface area contributed by atoms with Crippen molar-refractivity contribution in [2.75, 3.05) is 18.6 Å². The molecule has 1 aliphatic carbocycles. The van der Waals surface area contributed by atoms with Crippen LogP contribution in [-0.2, 0) is 20.9 Å². The number of fused-ring (bicyclic) bond motifs is 1. The predicted octanol–water partition coefficient (Wildman–Crippen LogP) is 4.53. The maximum Gasteiger partial charge on any atom is 0.308 e. The van der Waals surface area contributed by atoms with Gasteiger partial charge in [0.1, 0.15) is 12.2 Å². The van der Waals surface area contributed by atoms with Crippen LogP contribution in [0.15, 0.2) is 41.8 Å². The van der Waals surface area contributed by atoms with E-state index in [0.717, 1.165) is 34.3 Å². The lowest BCUT2D eigenvalue weighted by Crippen LogP contribution is -2.40. The standard InChI is InChI=1S/C26H31N3O4S/c1-4-28(20-8-6-5-7-17(20)2)24(30)16-29-21-13-14-34-23(21)15-22(29)25(31)27-19-11-9-18(10-12-19)26(32)33-3/h5-8,13-15,18-19H,4,9-12,16H2,1-3H3,(H,27,31)/t18-,19-. The van der Waals surface area contributed by atoms with Crippen LogP contribution in [0.1, 0.15) is 48.7 Å². The van der Waals surface area contributed by atoms with Crippen LogP contribution in [0.2, 0.25) is 0 Å². The van der Waals surface area contributed by atoms with E-state index in [-0.39, 0.29) is 36.3 Å². The van der Waals surface area contributed by atoms with Gasteiger partial charge in [0.15, 0.2) is 0 Å². The Bertz CT molecular complexity index is 1190. The number of carbonyl (C=O) groups excluding carboxylic acids is 3. The Morgan fingerprint density at radius 3 is 2.56 bits per heavy atom. The molecule has 1 aromatic carbocycles. The third kappa shape index (κ3) is 4.87. The zero-order valence-corrected chi connectivity index (χ0v) is 20.7. The number of anilines is 1. The lowest BCUT2D eigenvalue weighted by Gasteiger charge is -2.28. The second-order valence-electron chi connectivity index (χ2n) is 8.76. The summed E-state index contributed by atoms with van der Waals surface area (Å²) in [6, 6.07) is 11.7. The van der Waals surface area contributed by atoms with Crippen molar-refractivity contribution in [3.05, 3.63) is 53.0 Å². The van der Waals surface area contributed by atoms with Crippen LogP contribution in [0.3, 0.4) is 0 Å². The van der Waals surface area contributed by atoms with Crippen LogP contribution >= 0.6 is 11.3 Å². The summed E-state index contributed by atoms with van der Waals surface area (Å²) in [5.41, 5.74) is 3.30. The maximum absolute atomic E-state index is 13.4. The molecule has 7 nitrogen and oxygen atoms in total. The number of esters is 1. The van der Waals surface area contributed by atoms with Gasteiger partial charge in [0.05, 0.1) is 23.2 Å². The van der Waals surface area contributed by atoms with E-state index in [4.69, 9.17) is 4.74 Å². The Morgan fingerprint density at radius 2 is 1.88 bits per heavy atom. The Balaban J connectivity index is 1.52. The summed E-state index contributed by atoms with van der Waals surface area (Å²) in [6.45, 7) is 4.58. The van der Waals surface area contributed by atoms with Crippen LogP contribution in [0.4, 0.5) is 5.69 Å². The number of likely N-dealkylation sites (N-methyl/N-ethyl adjacent to an activating group) is 1. The molecule has 2 aromatic heterocycles. The number of ether oxygens (including phenoxy) is 1. The summed E-state index contributed by atoms with van der Waals surface area (Å²) in [5, 5.41) is 5.10. The number of nitrogens with zero attached hydrogens (tertiary/aromatic N) is 2. The molecule has 1 fully saturated rings. The number of aryl methyl sites for hydroxylation is 1. The molecule has 0 bridgehead atoms. The lowest BCUT2D eigenvalue weighted by molar-refractivity contribution is -0.146. The van der Waals surface area contributed by atoms with E-state index in [9.17, 15) is 14.4 Å². The minimum Gasteiger partial charge on any atom is -0.469 e. The van der Waals surface area contributed by atoms with E-state index in [2.05, 4.69) is 5.32 Å². The van der Waals surface area contributed by atoms with Crippen molar-refractivity contribution in [2.24, 2.45) is 5.92 Å². The van der Waals surface area contributed by atoms with Crippen molar-refractivity contribution in [2.45, 2.75) is 52.1 Å². The van der Waals surface area contributed by atoms with Gasteiger partial charge >= 0.3 is 5.97 Å². The highest BCUT2D eigenvalue weighted by Crippen LogP contribution is 2.28. The molecule has 0 radical (unpaired) electrons. The van der Waals surface area contributed by atoms with Crippen molar-refractivity contribution in [1.29, 1.82) is 0 Å². The van der Waals surface area contributed by atoms with Gasteiger partial charge < -0.3 is 19.5 Å². The minimum atomic E-state index is -0.184. The monoisotopic (exact) mass is 481 g/mol. The minimum absolute atomic E-state index is 0.00426. The lowest BCUT2D eigenvalue weighted by atomic mass is 9.86. The molecule has 1 saturated carbocycles. The number of hydrogen-bond acceptors (Lipinski definition) is 5. The summed E-state index contributed by atoms with van der Waals surface area (Å²) in [7, 11) is 1.41. The number of nitrogens with one attached hydrogen (secondary N) is 1. The Morgan fingerprint density at radius 1 is 1.15 bits per heavy atom. The van der Waals surface area contributed by atoms with Gasteiger partial charge in [-0.15, -0.1) is 11.3 Å². The highest BCUT2D eigenvalue weighted by molar-refractivity contribution is 7.17. The van der Waals surface area contributed by atoms with Gasteiger partial charge in [0.2, 0.25) is 5.91 Å². The topological polar surface area (TPSA) is 80.6 Å². The van der Waals surface area contributed by atoms with Gasteiger partial charge in [-0.1, -0.05) is 18.2 Å². The second-order valence-corrected chi connectivity index (χ2v) is 9.70. The Labute approximate surface area is 203 Å². The molecule has 0 saturated heterocycles. The number of amides is 2. The average molecular weight is 482 g/mol. The average Bonchev–Trinajstić information content (AvgIpc) is 3.43. The molecule has 1 aliphatic rings.